The quantitative estimate of drug-likeness (QED) is 0.469. The summed E-state index contributed by atoms with van der Waals surface area (Å²) in [5, 5.41) is 4.82. The number of nitrogens with zero attached hydrogens (tertiary/aromatic N) is 1. The number of halogens is 2. The van der Waals surface area contributed by atoms with E-state index in [1.54, 1.807) is 7.05 Å². The van der Waals surface area contributed by atoms with E-state index in [2.05, 4.69) is 37.2 Å². The van der Waals surface area contributed by atoms with Gasteiger partial charge in [0.15, 0.2) is 5.11 Å². The molecule has 0 radical (unpaired) electrons. The second-order valence-electron chi connectivity index (χ2n) is 2.67. The topological polar surface area (TPSA) is 41.3 Å². The zero-order valence-corrected chi connectivity index (χ0v) is 11.4. The van der Waals surface area contributed by atoms with Crippen molar-refractivity contribution in [1.82, 2.24) is 5.01 Å². The fourth-order valence-corrected chi connectivity index (χ4v) is 1.61. The largest absolute Gasteiger partial charge is 0.331 e. The van der Waals surface area contributed by atoms with E-state index >= 15 is 0 Å². The lowest BCUT2D eigenvalue weighted by atomic mass is 10.3. The summed E-state index contributed by atoms with van der Waals surface area (Å²) in [6.45, 7) is 0. The standard InChI is InChI=1S/C8H9Br2N3S/c1-13(11)8(14)12-7-4-5(9)2-3-6(7)10/h2-4H,11H2,1H3,(H,12,14). The molecule has 0 saturated carbocycles. The average molecular weight is 339 g/mol. The first-order valence-electron chi connectivity index (χ1n) is 3.75. The van der Waals surface area contributed by atoms with Crippen LogP contribution < -0.4 is 11.2 Å². The number of thiocarbonyl (C=S) groups is 1. The first-order valence-corrected chi connectivity index (χ1v) is 5.74. The predicted octanol–water partition coefficient (Wildman–Crippen LogP) is 2.71. The molecule has 3 N–H and O–H groups in total. The summed E-state index contributed by atoms with van der Waals surface area (Å²) in [5.74, 6) is 5.47. The van der Waals surface area contributed by atoms with Crippen LogP contribution >= 0.6 is 44.1 Å². The third-order valence-electron chi connectivity index (χ3n) is 1.49. The molecule has 0 bridgehead atoms. The van der Waals surface area contributed by atoms with Gasteiger partial charge in [0.05, 0.1) is 5.69 Å². The van der Waals surface area contributed by atoms with Gasteiger partial charge in [-0.1, -0.05) is 15.9 Å². The fourth-order valence-electron chi connectivity index (χ4n) is 0.797. The smallest absolute Gasteiger partial charge is 0.187 e. The average Bonchev–Trinajstić information content (AvgIpc) is 2.11. The normalized spacial score (nSPS) is 9.71. The zero-order chi connectivity index (χ0) is 10.7. The molecule has 0 spiro atoms. The van der Waals surface area contributed by atoms with E-state index < -0.39 is 0 Å². The minimum absolute atomic E-state index is 0.462. The van der Waals surface area contributed by atoms with Crippen molar-refractivity contribution in [3.63, 3.8) is 0 Å². The predicted molar refractivity (Wildman–Crippen MR) is 70.0 cm³/mol. The number of nitrogens with two attached hydrogens (primary N) is 1. The molecule has 0 amide bonds. The Kier molecular flexibility index (Phi) is 4.31. The van der Waals surface area contributed by atoms with E-state index in [1.165, 1.54) is 5.01 Å². The van der Waals surface area contributed by atoms with Crippen LogP contribution in [0.2, 0.25) is 0 Å². The number of anilines is 1. The highest BCUT2D eigenvalue weighted by Crippen LogP contribution is 2.26. The van der Waals surface area contributed by atoms with Crippen LogP contribution in [0.15, 0.2) is 27.1 Å². The molecule has 0 atom stereocenters. The minimum atomic E-state index is 0.462. The van der Waals surface area contributed by atoms with Crippen LogP contribution in [0.3, 0.4) is 0 Å². The second-order valence-corrected chi connectivity index (χ2v) is 4.82. The molecule has 0 unspecified atom stereocenters. The molecule has 0 heterocycles. The van der Waals surface area contributed by atoms with Gasteiger partial charge >= 0.3 is 0 Å². The van der Waals surface area contributed by atoms with Gasteiger partial charge in [0.2, 0.25) is 0 Å². The Morgan fingerprint density at radius 3 is 2.71 bits per heavy atom. The van der Waals surface area contributed by atoms with Gasteiger partial charge in [0, 0.05) is 16.0 Å². The van der Waals surface area contributed by atoms with Crippen LogP contribution in [0.25, 0.3) is 0 Å². The van der Waals surface area contributed by atoms with Crippen LogP contribution in [-0.2, 0) is 0 Å². The Morgan fingerprint density at radius 1 is 1.50 bits per heavy atom. The van der Waals surface area contributed by atoms with Gasteiger partial charge in [0.1, 0.15) is 0 Å². The highest BCUT2D eigenvalue weighted by atomic mass is 79.9. The number of benzene rings is 1. The third kappa shape index (κ3) is 3.20. The lowest BCUT2D eigenvalue weighted by Crippen LogP contribution is -2.36. The summed E-state index contributed by atoms with van der Waals surface area (Å²) in [6, 6.07) is 5.77. The molecule has 1 aromatic carbocycles. The summed E-state index contributed by atoms with van der Waals surface area (Å²) in [5.41, 5.74) is 0.877. The monoisotopic (exact) mass is 337 g/mol. The molecule has 0 fully saturated rings. The number of hydrogen-bond acceptors (Lipinski definition) is 2. The number of hydrazine groups is 1. The molecule has 0 aliphatic carbocycles. The highest BCUT2D eigenvalue weighted by Gasteiger charge is 2.04. The van der Waals surface area contributed by atoms with Crippen LogP contribution in [-0.4, -0.2) is 17.2 Å². The van der Waals surface area contributed by atoms with Crippen molar-refractivity contribution in [1.29, 1.82) is 0 Å². The van der Waals surface area contributed by atoms with Crippen molar-refractivity contribution in [2.45, 2.75) is 0 Å². The van der Waals surface area contributed by atoms with Crippen molar-refractivity contribution in [2.24, 2.45) is 5.84 Å². The molecule has 0 aromatic heterocycles. The SMILES string of the molecule is CN(N)C(=S)Nc1cc(Br)ccc1Br. The molecule has 1 aromatic rings. The fraction of sp³-hybridized carbons (Fsp3) is 0.125. The number of nitrogens with one attached hydrogen (secondary N) is 1. The molecular weight excluding hydrogens is 330 g/mol. The maximum absolute atomic E-state index is 5.47. The van der Waals surface area contributed by atoms with E-state index in [9.17, 15) is 0 Å². The molecule has 0 aliphatic rings. The summed E-state index contributed by atoms with van der Waals surface area (Å²) in [6.07, 6.45) is 0. The minimum Gasteiger partial charge on any atom is -0.331 e. The van der Waals surface area contributed by atoms with Crippen LogP contribution in [0.5, 0.6) is 0 Å². The second kappa shape index (κ2) is 5.06. The zero-order valence-electron chi connectivity index (χ0n) is 7.42. The van der Waals surface area contributed by atoms with Crippen molar-refractivity contribution >= 4 is 54.9 Å². The van der Waals surface area contributed by atoms with Crippen LogP contribution in [0, 0.1) is 0 Å². The van der Waals surface area contributed by atoms with Gasteiger partial charge in [-0.25, -0.2) is 5.84 Å². The van der Waals surface area contributed by atoms with E-state index in [0.717, 1.165) is 14.6 Å². The lowest BCUT2D eigenvalue weighted by molar-refractivity contribution is 0.548. The van der Waals surface area contributed by atoms with Crippen LogP contribution in [0.1, 0.15) is 0 Å². The van der Waals surface area contributed by atoms with E-state index in [1.807, 2.05) is 18.2 Å². The van der Waals surface area contributed by atoms with Crippen molar-refractivity contribution in [3.05, 3.63) is 27.1 Å². The summed E-state index contributed by atoms with van der Waals surface area (Å²) >= 11 is 11.8. The van der Waals surface area contributed by atoms with Gasteiger partial charge in [-0.05, 0) is 46.3 Å². The Hall–Kier alpha value is -0.170. The maximum atomic E-state index is 5.47. The Balaban J connectivity index is 2.86. The number of hydrogen-bond donors (Lipinski definition) is 2. The summed E-state index contributed by atoms with van der Waals surface area (Å²) in [4.78, 5) is 0. The first kappa shape index (κ1) is 11.9. The molecule has 0 aliphatic heterocycles. The van der Waals surface area contributed by atoms with Gasteiger partial charge in [-0.3, -0.25) is 5.01 Å². The highest BCUT2D eigenvalue weighted by molar-refractivity contribution is 9.11. The number of rotatable bonds is 1. The molecule has 1 rings (SSSR count). The van der Waals surface area contributed by atoms with E-state index in [0.29, 0.717) is 5.11 Å². The van der Waals surface area contributed by atoms with Gasteiger partial charge < -0.3 is 5.32 Å². The maximum Gasteiger partial charge on any atom is 0.187 e. The molecule has 14 heavy (non-hydrogen) atoms. The van der Waals surface area contributed by atoms with E-state index in [4.69, 9.17) is 18.1 Å². The third-order valence-corrected chi connectivity index (χ3v) is 3.07. The van der Waals surface area contributed by atoms with Crippen molar-refractivity contribution < 1.29 is 0 Å². The first-order chi connectivity index (χ1) is 6.50. The van der Waals surface area contributed by atoms with Crippen LogP contribution in [0.4, 0.5) is 5.69 Å². The van der Waals surface area contributed by atoms with Gasteiger partial charge in [0.25, 0.3) is 0 Å². The Bertz CT molecular complexity index is 354. The van der Waals surface area contributed by atoms with Crippen molar-refractivity contribution in [2.75, 3.05) is 12.4 Å². The van der Waals surface area contributed by atoms with E-state index in [-0.39, 0.29) is 0 Å². The molecule has 76 valence electrons. The Labute approximate surface area is 105 Å². The molecular formula is C8H9Br2N3S. The van der Waals surface area contributed by atoms with Crippen molar-refractivity contribution in [3.8, 4) is 0 Å². The summed E-state index contributed by atoms with van der Waals surface area (Å²) < 4.78 is 1.91. The van der Waals surface area contributed by atoms with Gasteiger partial charge in [-0.2, -0.15) is 0 Å². The Morgan fingerprint density at radius 2 is 2.14 bits per heavy atom. The summed E-state index contributed by atoms with van der Waals surface area (Å²) in [7, 11) is 1.68. The molecule has 0 saturated heterocycles. The molecule has 6 heteroatoms. The lowest BCUT2D eigenvalue weighted by Gasteiger charge is -2.16. The van der Waals surface area contributed by atoms with Gasteiger partial charge in [-0.15, -0.1) is 0 Å². The molecule has 3 nitrogen and oxygen atoms in total.